The van der Waals surface area contributed by atoms with Crippen molar-refractivity contribution >= 4 is 0 Å². The molecule has 1 aromatic rings. The summed E-state index contributed by atoms with van der Waals surface area (Å²) in [4.78, 5) is 0. The highest BCUT2D eigenvalue weighted by Crippen LogP contribution is 2.14. The summed E-state index contributed by atoms with van der Waals surface area (Å²) >= 11 is 0. The Labute approximate surface area is 105 Å². The largest absolute Gasteiger partial charge is 0.0988 e. The SMILES string of the molecule is C=C/C(=C\C=C(C)C)Cc1ccc(C)c(C)c1. The molecule has 0 radical (unpaired) electrons. The van der Waals surface area contributed by atoms with E-state index in [9.17, 15) is 0 Å². The summed E-state index contributed by atoms with van der Waals surface area (Å²) in [7, 11) is 0. The average molecular weight is 226 g/mol. The van der Waals surface area contributed by atoms with E-state index < -0.39 is 0 Å². The first-order valence-electron chi connectivity index (χ1n) is 6.05. The van der Waals surface area contributed by atoms with E-state index in [0.29, 0.717) is 0 Å². The summed E-state index contributed by atoms with van der Waals surface area (Å²) in [6.45, 7) is 12.4. The quantitative estimate of drug-likeness (QED) is 0.639. The summed E-state index contributed by atoms with van der Waals surface area (Å²) in [5, 5.41) is 0. The van der Waals surface area contributed by atoms with Gasteiger partial charge in [0.25, 0.3) is 0 Å². The molecule has 0 atom stereocenters. The molecule has 0 heterocycles. The van der Waals surface area contributed by atoms with Crippen LogP contribution in [0.2, 0.25) is 0 Å². The molecular weight excluding hydrogens is 204 g/mol. The second-order valence-electron chi connectivity index (χ2n) is 4.79. The fourth-order valence-electron chi connectivity index (χ4n) is 1.62. The molecular formula is C17H22. The van der Waals surface area contributed by atoms with Gasteiger partial charge >= 0.3 is 0 Å². The molecule has 0 aliphatic rings. The van der Waals surface area contributed by atoms with Gasteiger partial charge in [-0.2, -0.15) is 0 Å². The zero-order valence-corrected chi connectivity index (χ0v) is 11.4. The standard InChI is InChI=1S/C17H22/c1-6-16(9-7-13(2)3)12-17-10-8-14(4)15(5)11-17/h6-11H,1,12H2,2-5H3/b16-9+. The van der Waals surface area contributed by atoms with Crippen LogP contribution in [-0.4, -0.2) is 0 Å². The molecule has 0 nitrogen and oxygen atoms in total. The predicted octanol–water partition coefficient (Wildman–Crippen LogP) is 4.92. The maximum Gasteiger partial charge on any atom is -0.00259 e. The van der Waals surface area contributed by atoms with E-state index in [-0.39, 0.29) is 0 Å². The van der Waals surface area contributed by atoms with Crippen molar-refractivity contribution in [3.8, 4) is 0 Å². The van der Waals surface area contributed by atoms with Crippen LogP contribution in [0.4, 0.5) is 0 Å². The minimum absolute atomic E-state index is 0.953. The van der Waals surface area contributed by atoms with Crippen LogP contribution in [0.3, 0.4) is 0 Å². The lowest BCUT2D eigenvalue weighted by atomic mass is 10.00. The van der Waals surface area contributed by atoms with Crippen molar-refractivity contribution in [2.75, 3.05) is 0 Å². The van der Waals surface area contributed by atoms with Gasteiger partial charge in [0, 0.05) is 0 Å². The molecule has 0 unspecified atom stereocenters. The van der Waals surface area contributed by atoms with E-state index in [2.05, 4.69) is 64.6 Å². The number of hydrogen-bond acceptors (Lipinski definition) is 0. The maximum absolute atomic E-state index is 3.88. The fraction of sp³-hybridized carbons (Fsp3) is 0.294. The Morgan fingerprint density at radius 2 is 1.82 bits per heavy atom. The Kier molecular flexibility index (Phi) is 4.96. The lowest BCUT2D eigenvalue weighted by Gasteiger charge is -2.06. The average Bonchev–Trinajstić information content (AvgIpc) is 2.28. The predicted molar refractivity (Wildman–Crippen MR) is 77.3 cm³/mol. The van der Waals surface area contributed by atoms with Crippen molar-refractivity contribution in [1.82, 2.24) is 0 Å². The summed E-state index contributed by atoms with van der Waals surface area (Å²) in [5.41, 5.74) is 6.62. The van der Waals surface area contributed by atoms with Crippen LogP contribution in [-0.2, 0) is 6.42 Å². The van der Waals surface area contributed by atoms with Gasteiger partial charge < -0.3 is 0 Å². The second kappa shape index (κ2) is 6.24. The van der Waals surface area contributed by atoms with Crippen LogP contribution in [0.15, 0.2) is 54.2 Å². The maximum atomic E-state index is 3.88. The van der Waals surface area contributed by atoms with Gasteiger partial charge in [-0.15, -0.1) is 0 Å². The van der Waals surface area contributed by atoms with E-state index in [1.165, 1.54) is 27.8 Å². The molecule has 0 saturated carbocycles. The van der Waals surface area contributed by atoms with E-state index >= 15 is 0 Å². The Bertz CT molecular complexity index is 455. The van der Waals surface area contributed by atoms with Crippen LogP contribution in [0.25, 0.3) is 0 Å². The molecule has 0 bridgehead atoms. The van der Waals surface area contributed by atoms with Crippen LogP contribution >= 0.6 is 0 Å². The first-order valence-corrected chi connectivity index (χ1v) is 6.05. The summed E-state index contributed by atoms with van der Waals surface area (Å²) in [6.07, 6.45) is 7.18. The van der Waals surface area contributed by atoms with Gasteiger partial charge in [0.2, 0.25) is 0 Å². The van der Waals surface area contributed by atoms with Gasteiger partial charge in [-0.1, -0.05) is 48.6 Å². The highest BCUT2D eigenvalue weighted by molar-refractivity contribution is 5.35. The number of allylic oxidation sites excluding steroid dienone is 5. The van der Waals surface area contributed by atoms with E-state index in [1.807, 2.05) is 6.08 Å². The van der Waals surface area contributed by atoms with Gasteiger partial charge in [0.1, 0.15) is 0 Å². The van der Waals surface area contributed by atoms with Crippen LogP contribution < -0.4 is 0 Å². The molecule has 1 rings (SSSR count). The summed E-state index contributed by atoms with van der Waals surface area (Å²) < 4.78 is 0. The van der Waals surface area contributed by atoms with Gasteiger partial charge in [0.05, 0.1) is 0 Å². The molecule has 0 saturated heterocycles. The van der Waals surface area contributed by atoms with Crippen molar-refractivity contribution in [2.45, 2.75) is 34.1 Å². The topological polar surface area (TPSA) is 0 Å². The van der Waals surface area contributed by atoms with Gasteiger partial charge in [-0.3, -0.25) is 0 Å². The van der Waals surface area contributed by atoms with Crippen molar-refractivity contribution in [2.24, 2.45) is 0 Å². The molecule has 0 N–H and O–H groups in total. The molecule has 17 heavy (non-hydrogen) atoms. The van der Waals surface area contributed by atoms with Gasteiger partial charge in [0.15, 0.2) is 0 Å². The molecule has 90 valence electrons. The van der Waals surface area contributed by atoms with Crippen molar-refractivity contribution in [3.63, 3.8) is 0 Å². The molecule has 0 aromatic heterocycles. The summed E-state index contributed by atoms with van der Waals surface area (Å²) in [6, 6.07) is 6.64. The monoisotopic (exact) mass is 226 g/mol. The third-order valence-electron chi connectivity index (χ3n) is 2.87. The number of rotatable bonds is 4. The lowest BCUT2D eigenvalue weighted by Crippen LogP contribution is -1.90. The zero-order chi connectivity index (χ0) is 12.8. The molecule has 1 aromatic carbocycles. The first-order chi connectivity index (χ1) is 8.02. The Morgan fingerprint density at radius 1 is 1.12 bits per heavy atom. The minimum Gasteiger partial charge on any atom is -0.0988 e. The van der Waals surface area contributed by atoms with E-state index in [0.717, 1.165) is 6.42 Å². The smallest absolute Gasteiger partial charge is 0.00259 e. The molecule has 0 amide bonds. The number of hydrogen-bond donors (Lipinski definition) is 0. The number of benzene rings is 1. The Balaban J connectivity index is 2.88. The number of aryl methyl sites for hydroxylation is 2. The Morgan fingerprint density at radius 3 is 2.35 bits per heavy atom. The van der Waals surface area contributed by atoms with E-state index in [4.69, 9.17) is 0 Å². The van der Waals surface area contributed by atoms with Gasteiger partial charge in [-0.25, -0.2) is 0 Å². The minimum atomic E-state index is 0.953. The third kappa shape index (κ3) is 4.44. The van der Waals surface area contributed by atoms with Crippen LogP contribution in [0.5, 0.6) is 0 Å². The lowest BCUT2D eigenvalue weighted by molar-refractivity contribution is 1.17. The zero-order valence-electron chi connectivity index (χ0n) is 11.4. The fourth-order valence-corrected chi connectivity index (χ4v) is 1.62. The highest BCUT2D eigenvalue weighted by atomic mass is 14.0. The third-order valence-corrected chi connectivity index (χ3v) is 2.87. The molecule has 0 aliphatic carbocycles. The summed E-state index contributed by atoms with van der Waals surface area (Å²) in [5.74, 6) is 0. The van der Waals surface area contributed by atoms with Crippen molar-refractivity contribution in [1.29, 1.82) is 0 Å². The Hall–Kier alpha value is -1.56. The first kappa shape index (κ1) is 13.5. The normalized spacial score (nSPS) is 11.2. The van der Waals surface area contributed by atoms with Gasteiger partial charge in [-0.05, 0) is 56.4 Å². The molecule has 0 aliphatic heterocycles. The highest BCUT2D eigenvalue weighted by Gasteiger charge is 1.98. The molecule has 0 heteroatoms. The van der Waals surface area contributed by atoms with Crippen LogP contribution in [0.1, 0.15) is 30.5 Å². The molecule has 0 spiro atoms. The van der Waals surface area contributed by atoms with Crippen molar-refractivity contribution in [3.05, 3.63) is 70.8 Å². The molecule has 0 fully saturated rings. The van der Waals surface area contributed by atoms with Crippen molar-refractivity contribution < 1.29 is 0 Å². The van der Waals surface area contributed by atoms with Crippen LogP contribution in [0, 0.1) is 13.8 Å². The second-order valence-corrected chi connectivity index (χ2v) is 4.79. The van der Waals surface area contributed by atoms with E-state index in [1.54, 1.807) is 0 Å².